The number of rotatable bonds is 8. The van der Waals surface area contributed by atoms with E-state index in [1.165, 1.54) is 4.57 Å². The zero-order valence-corrected chi connectivity index (χ0v) is 20.6. The molecule has 9 nitrogen and oxygen atoms in total. The van der Waals surface area contributed by atoms with Gasteiger partial charge in [0, 0.05) is 30.9 Å². The van der Waals surface area contributed by atoms with Crippen LogP contribution in [0, 0.1) is 6.92 Å². The number of nitrogens with zero attached hydrogens (tertiary/aromatic N) is 3. The van der Waals surface area contributed by atoms with Crippen LogP contribution in [0.2, 0.25) is 0 Å². The Hall–Kier alpha value is -4.14. The molecule has 1 saturated heterocycles. The van der Waals surface area contributed by atoms with Crippen molar-refractivity contribution in [1.29, 1.82) is 0 Å². The maximum Gasteiger partial charge on any atom is 0.332 e. The number of anilines is 2. The number of amides is 1. The minimum atomic E-state index is -0.695. The first kappa shape index (κ1) is 25.0. The van der Waals surface area contributed by atoms with Crippen molar-refractivity contribution in [3.05, 3.63) is 91.6 Å². The Morgan fingerprint density at radius 1 is 1.00 bits per heavy atom. The van der Waals surface area contributed by atoms with Crippen LogP contribution in [-0.2, 0) is 13.1 Å². The van der Waals surface area contributed by atoms with Crippen molar-refractivity contribution in [3.8, 4) is 0 Å². The van der Waals surface area contributed by atoms with E-state index in [1.54, 1.807) is 25.1 Å². The van der Waals surface area contributed by atoms with Gasteiger partial charge in [-0.15, -0.1) is 0 Å². The summed E-state index contributed by atoms with van der Waals surface area (Å²) in [6.45, 7) is 5.15. The fourth-order valence-electron chi connectivity index (χ4n) is 4.54. The largest absolute Gasteiger partial charge is 0.384 e. The molecule has 36 heavy (non-hydrogen) atoms. The number of carbonyl (C=O) groups is 2. The van der Waals surface area contributed by atoms with Gasteiger partial charge in [-0.05, 0) is 56.0 Å². The van der Waals surface area contributed by atoms with E-state index in [0.29, 0.717) is 11.3 Å². The average Bonchev–Trinajstić information content (AvgIpc) is 3.41. The van der Waals surface area contributed by atoms with Gasteiger partial charge in [0.25, 0.3) is 11.5 Å². The lowest BCUT2D eigenvalue weighted by Crippen LogP contribution is -2.44. The summed E-state index contributed by atoms with van der Waals surface area (Å²) in [5.41, 5.74) is 7.68. The first-order chi connectivity index (χ1) is 17.3. The number of carbonyl (C=O) groups excluding carboxylic acids is 2. The van der Waals surface area contributed by atoms with Gasteiger partial charge in [0.2, 0.25) is 0 Å². The third-order valence-corrected chi connectivity index (χ3v) is 6.55. The van der Waals surface area contributed by atoms with Gasteiger partial charge < -0.3 is 16.0 Å². The first-order valence-corrected chi connectivity index (χ1v) is 12.2. The summed E-state index contributed by atoms with van der Waals surface area (Å²) >= 11 is 0. The molecule has 1 amide bonds. The number of nitrogens with two attached hydrogens (primary N) is 1. The Bertz CT molecular complexity index is 1400. The molecule has 4 rings (SSSR count). The van der Waals surface area contributed by atoms with E-state index in [9.17, 15) is 19.2 Å². The van der Waals surface area contributed by atoms with Crippen LogP contribution < -0.4 is 22.3 Å². The normalized spacial score (nSPS) is 13.1. The van der Waals surface area contributed by atoms with E-state index >= 15 is 0 Å². The molecule has 0 aliphatic carbocycles. The summed E-state index contributed by atoms with van der Waals surface area (Å²) < 4.78 is 2.29. The summed E-state index contributed by atoms with van der Waals surface area (Å²) in [6, 6.07) is 14.5. The highest BCUT2D eigenvalue weighted by molar-refractivity contribution is 6.02. The Kier molecular flexibility index (Phi) is 7.38. The number of aryl methyl sites for hydroxylation is 1. The molecule has 9 heteroatoms. The van der Waals surface area contributed by atoms with Crippen molar-refractivity contribution in [3.63, 3.8) is 0 Å². The van der Waals surface area contributed by atoms with Gasteiger partial charge in [-0.25, -0.2) is 4.79 Å². The van der Waals surface area contributed by atoms with Crippen molar-refractivity contribution < 1.29 is 9.59 Å². The van der Waals surface area contributed by atoms with E-state index in [-0.39, 0.29) is 36.9 Å². The van der Waals surface area contributed by atoms with Crippen molar-refractivity contribution in [2.24, 2.45) is 0 Å². The quantitative estimate of drug-likeness (QED) is 0.469. The Morgan fingerprint density at radius 3 is 2.33 bits per heavy atom. The van der Waals surface area contributed by atoms with Gasteiger partial charge in [0.1, 0.15) is 11.4 Å². The number of hydrogen-bond donors (Lipinski definition) is 2. The molecule has 1 aliphatic heterocycles. The number of ketones is 1. The van der Waals surface area contributed by atoms with E-state index in [2.05, 4.69) is 5.32 Å². The van der Waals surface area contributed by atoms with E-state index < -0.39 is 17.0 Å². The molecule has 0 atom stereocenters. The van der Waals surface area contributed by atoms with E-state index in [4.69, 9.17) is 5.73 Å². The van der Waals surface area contributed by atoms with Crippen LogP contribution in [0.1, 0.15) is 51.6 Å². The van der Waals surface area contributed by atoms with Crippen LogP contribution in [0.4, 0.5) is 11.5 Å². The van der Waals surface area contributed by atoms with Gasteiger partial charge in [-0.3, -0.25) is 23.5 Å². The zero-order chi connectivity index (χ0) is 25.8. The van der Waals surface area contributed by atoms with Crippen LogP contribution in [0.15, 0.2) is 58.1 Å². The second-order valence-corrected chi connectivity index (χ2v) is 8.97. The number of nitrogens with one attached hydrogen (secondary N) is 1. The Labute approximate surface area is 209 Å². The highest BCUT2D eigenvalue weighted by Crippen LogP contribution is 2.20. The zero-order valence-electron chi connectivity index (χ0n) is 20.6. The molecule has 0 saturated carbocycles. The summed E-state index contributed by atoms with van der Waals surface area (Å²) in [5.74, 6) is -0.654. The molecular formula is C27H31N5O4. The molecule has 1 fully saturated rings. The number of benzene rings is 2. The van der Waals surface area contributed by atoms with Gasteiger partial charge in [0.15, 0.2) is 5.78 Å². The highest BCUT2D eigenvalue weighted by atomic mass is 16.2. The summed E-state index contributed by atoms with van der Waals surface area (Å²) in [4.78, 5) is 53.6. The lowest BCUT2D eigenvalue weighted by Gasteiger charge is -2.17. The SMILES string of the molecule is CCn1c(=O)c(C(=O)CNc2ccc(C(=O)N3CCCC3)cc2C)c(N)n(Cc2ccccc2)c1=O. The third kappa shape index (κ3) is 4.95. The summed E-state index contributed by atoms with van der Waals surface area (Å²) in [7, 11) is 0. The second kappa shape index (κ2) is 10.6. The van der Waals surface area contributed by atoms with Gasteiger partial charge in [-0.1, -0.05) is 30.3 Å². The second-order valence-electron chi connectivity index (χ2n) is 8.97. The van der Waals surface area contributed by atoms with Crippen LogP contribution in [-0.4, -0.2) is 45.4 Å². The standard InChI is InChI=1S/C27H31N5O4/c1-3-31-26(35)23(24(28)32(27(31)36)17-19-9-5-4-6-10-19)22(33)16-29-21-12-11-20(15-18(21)2)25(34)30-13-7-8-14-30/h4-6,9-12,15,29H,3,7-8,13-14,16-17,28H2,1-2H3. The smallest absolute Gasteiger partial charge is 0.332 e. The first-order valence-electron chi connectivity index (χ1n) is 12.2. The summed E-state index contributed by atoms with van der Waals surface area (Å²) in [6.07, 6.45) is 2.04. The monoisotopic (exact) mass is 489 g/mol. The molecule has 0 bridgehead atoms. The van der Waals surface area contributed by atoms with Gasteiger partial charge >= 0.3 is 5.69 Å². The lowest BCUT2D eigenvalue weighted by atomic mass is 10.1. The number of nitrogen functional groups attached to an aromatic ring is 1. The molecule has 1 aliphatic rings. The fourth-order valence-corrected chi connectivity index (χ4v) is 4.54. The van der Waals surface area contributed by atoms with Crippen molar-refractivity contribution in [2.75, 3.05) is 30.7 Å². The molecule has 0 radical (unpaired) electrons. The number of Topliss-reactive ketones (excluding diaryl/α,β-unsaturated/α-hetero) is 1. The topological polar surface area (TPSA) is 119 Å². The highest BCUT2D eigenvalue weighted by Gasteiger charge is 2.23. The van der Waals surface area contributed by atoms with Gasteiger partial charge in [-0.2, -0.15) is 0 Å². The average molecular weight is 490 g/mol. The molecular weight excluding hydrogens is 458 g/mol. The summed E-state index contributed by atoms with van der Waals surface area (Å²) in [5, 5.41) is 3.06. The van der Waals surface area contributed by atoms with Crippen molar-refractivity contribution in [1.82, 2.24) is 14.0 Å². The number of likely N-dealkylation sites (tertiary alicyclic amines) is 1. The van der Waals surface area contributed by atoms with Gasteiger partial charge in [0.05, 0.1) is 13.1 Å². The molecule has 0 spiro atoms. The minimum Gasteiger partial charge on any atom is -0.384 e. The van der Waals surface area contributed by atoms with Crippen molar-refractivity contribution >= 4 is 23.2 Å². The molecule has 3 aromatic rings. The Balaban J connectivity index is 1.57. The molecule has 2 aromatic carbocycles. The van der Waals surface area contributed by atoms with Crippen LogP contribution >= 0.6 is 0 Å². The molecule has 2 heterocycles. The molecule has 1 aromatic heterocycles. The fraction of sp³-hybridized carbons (Fsp3) is 0.333. The Morgan fingerprint density at radius 2 is 1.69 bits per heavy atom. The minimum absolute atomic E-state index is 0.00629. The molecule has 0 unspecified atom stereocenters. The van der Waals surface area contributed by atoms with Crippen LogP contribution in [0.5, 0.6) is 0 Å². The predicted molar refractivity (Wildman–Crippen MR) is 140 cm³/mol. The third-order valence-electron chi connectivity index (χ3n) is 6.55. The lowest BCUT2D eigenvalue weighted by molar-refractivity contribution is 0.0792. The number of hydrogen-bond acceptors (Lipinski definition) is 6. The van der Waals surface area contributed by atoms with Crippen LogP contribution in [0.25, 0.3) is 0 Å². The maximum absolute atomic E-state index is 13.2. The molecule has 3 N–H and O–H groups in total. The van der Waals surface area contributed by atoms with E-state index in [0.717, 1.165) is 41.6 Å². The maximum atomic E-state index is 13.2. The number of aromatic nitrogens is 2. The van der Waals surface area contributed by atoms with E-state index in [1.807, 2.05) is 42.2 Å². The molecule has 188 valence electrons. The van der Waals surface area contributed by atoms with Crippen LogP contribution in [0.3, 0.4) is 0 Å². The van der Waals surface area contributed by atoms with Crippen molar-refractivity contribution in [2.45, 2.75) is 39.8 Å². The predicted octanol–water partition coefficient (Wildman–Crippen LogP) is 2.50.